The number of aromatic nitrogens is 10. The van der Waals surface area contributed by atoms with Gasteiger partial charge in [0.2, 0.25) is 15.9 Å². The second-order valence-electron chi connectivity index (χ2n) is 27.5. The van der Waals surface area contributed by atoms with Gasteiger partial charge in [-0.05, 0) is 149 Å². The Morgan fingerprint density at radius 1 is 0.229 bits per heavy atom. The summed E-state index contributed by atoms with van der Waals surface area (Å²) < 4.78 is 26.0. The molecular weight excluding hydrogens is 1440 g/mol. The first-order valence-corrected chi connectivity index (χ1v) is 36.1. The van der Waals surface area contributed by atoms with Crippen LogP contribution in [0, 0.1) is 0 Å². The molecule has 0 unspecified atom stereocenters. The van der Waals surface area contributed by atoms with Gasteiger partial charge in [-0.3, -0.25) is 4.70 Å². The molecule has 2 fully saturated rings. The van der Waals surface area contributed by atoms with E-state index in [9.17, 15) is 0 Å². The summed E-state index contributed by atoms with van der Waals surface area (Å²) in [6.45, 7) is 16.5. The number of hydrogen-bond acceptors (Lipinski definition) is 14. The summed E-state index contributed by atoms with van der Waals surface area (Å²) in [7, 11) is -1.11. The zero-order valence-corrected chi connectivity index (χ0v) is 62.8. The van der Waals surface area contributed by atoms with Crippen molar-refractivity contribution in [2.75, 3.05) is 0 Å². The Balaban J connectivity index is 0.000000181. The van der Waals surface area contributed by atoms with Crippen molar-refractivity contribution in [3.63, 3.8) is 0 Å². The van der Waals surface area contributed by atoms with Gasteiger partial charge in [-0.15, -0.1) is 0 Å². The second kappa shape index (κ2) is 33.9. The Morgan fingerprint density at radius 3 is 0.688 bits per heavy atom. The maximum Gasteiger partial charge on any atom is 0.494 e. The number of benzene rings is 9. The average molecular weight is 1520 g/mol. The third-order valence-corrected chi connectivity index (χ3v) is 19.8. The first-order valence-electron chi connectivity index (χ1n) is 34.5. The van der Waals surface area contributed by atoms with Crippen LogP contribution in [-0.4, -0.2) is 86.5 Å². The molecule has 0 saturated carbocycles. The molecule has 2 aliphatic rings. The van der Waals surface area contributed by atoms with Crippen molar-refractivity contribution >= 4 is 71.6 Å². The van der Waals surface area contributed by atoms with Gasteiger partial charge in [0.25, 0.3) is 0 Å². The maximum absolute atomic E-state index is 6.57. The summed E-state index contributed by atoms with van der Waals surface area (Å²) in [5.74, 6) is 1.27. The molecule has 0 spiro atoms. The quantitative estimate of drug-likeness (QED) is 0.0608. The summed E-state index contributed by atoms with van der Waals surface area (Å²) in [5.41, 5.74) is 16.5. The Hall–Kier alpha value is -10.6. The molecule has 0 N–H and O–H groups in total. The van der Waals surface area contributed by atoms with Crippen LogP contribution in [0.1, 0.15) is 70.2 Å². The van der Waals surface area contributed by atoms with Crippen molar-refractivity contribution in [3.05, 3.63) is 300 Å². The van der Waals surface area contributed by atoms with E-state index in [-0.39, 0.29) is 35.4 Å². The zero-order chi connectivity index (χ0) is 73.7. The van der Waals surface area contributed by atoms with Crippen molar-refractivity contribution in [2.24, 2.45) is 0 Å². The summed E-state index contributed by atoms with van der Waals surface area (Å²) in [6.07, 6.45) is 0. The smallest absolute Gasteiger partial charge is 0.399 e. The second-order valence-corrected chi connectivity index (χ2v) is 28.9. The van der Waals surface area contributed by atoms with Crippen molar-refractivity contribution in [2.45, 2.75) is 92.6 Å². The molecule has 2 aliphatic heterocycles. The van der Waals surface area contributed by atoms with Gasteiger partial charge in [-0.25, -0.2) is 49.8 Å². The van der Waals surface area contributed by atoms with E-state index in [0.29, 0.717) is 39.6 Å². The van der Waals surface area contributed by atoms with Gasteiger partial charge in [0.05, 0.1) is 73.6 Å². The molecule has 546 valence electrons. The van der Waals surface area contributed by atoms with Gasteiger partial charge in [0, 0.05) is 61.7 Å². The fourth-order valence-corrected chi connectivity index (χ4v) is 12.8. The van der Waals surface area contributed by atoms with E-state index in [4.69, 9.17) is 85.0 Å². The molecular formula is C88H79B2Cl4FN10O4. The highest BCUT2D eigenvalue weighted by Gasteiger charge is 2.54. The molecule has 2 saturated heterocycles. The zero-order valence-electron chi connectivity index (χ0n) is 59.7. The minimum Gasteiger partial charge on any atom is -0.399 e. The topological polar surface area (TPSA) is 166 Å². The van der Waals surface area contributed by atoms with E-state index in [0.717, 1.165) is 101 Å². The standard InChI is InChI=1S/C42H26Cl2N6.C34H38B2N2O4.C10H6Cl2N2.2CH4.FH/c43-41-47-35(28-15-7-2-8-16-28)25-38(49-41)32-21-31(22-33(23-32)39-26-36(48-42(44)50-39)29-17-9-3-10-18-29)37-24-34(27-13-5-1-6-14-27)45-40(46-37)30-19-11-4-12-20-30;1-31(2)32(3,4)40-35(39-31)26-19-25(20-27(21-26)36-41-33(5,6)34(7,8)42-36)29-22-28(23-15-11-9-12-16-23)37-30(38-29)24-17-13-10-14-18-24;11-9-6-8(13-10(12)14-9)7-4-2-1-3-5-7;;;/h1-26H;9-22H,1-8H3;1-6H;2*1H4;1H. The molecule has 0 aliphatic carbocycles. The summed E-state index contributed by atoms with van der Waals surface area (Å²) in [6, 6.07) is 91.8. The van der Waals surface area contributed by atoms with Crippen LogP contribution in [0.3, 0.4) is 0 Å². The molecule has 9 aromatic carbocycles. The van der Waals surface area contributed by atoms with Gasteiger partial charge >= 0.3 is 14.2 Å². The van der Waals surface area contributed by atoms with E-state index < -0.39 is 36.6 Å². The molecule has 7 heterocycles. The van der Waals surface area contributed by atoms with Crippen molar-refractivity contribution < 1.29 is 23.3 Å². The largest absolute Gasteiger partial charge is 0.494 e. The lowest BCUT2D eigenvalue weighted by molar-refractivity contribution is 0.00578. The van der Waals surface area contributed by atoms with E-state index in [2.05, 4.69) is 128 Å². The van der Waals surface area contributed by atoms with Crippen LogP contribution in [0.15, 0.2) is 279 Å². The van der Waals surface area contributed by atoms with E-state index in [1.165, 1.54) is 0 Å². The van der Waals surface area contributed by atoms with Gasteiger partial charge in [-0.2, -0.15) is 0 Å². The predicted molar refractivity (Wildman–Crippen MR) is 445 cm³/mol. The number of rotatable bonds is 13. The highest BCUT2D eigenvalue weighted by Crippen LogP contribution is 2.41. The number of halogens is 5. The number of hydrogen-bond donors (Lipinski definition) is 0. The fraction of sp³-hybridized carbons (Fsp3) is 0.159. The molecule has 14 aromatic rings. The minimum atomic E-state index is -0.555. The summed E-state index contributed by atoms with van der Waals surface area (Å²) in [5, 5.41) is 0.800. The fourth-order valence-electron chi connectivity index (χ4n) is 12.1. The Labute approximate surface area is 657 Å². The minimum absolute atomic E-state index is 0. The van der Waals surface area contributed by atoms with Crippen molar-refractivity contribution in [3.8, 4) is 124 Å². The van der Waals surface area contributed by atoms with Crippen molar-refractivity contribution in [1.82, 2.24) is 49.8 Å². The highest BCUT2D eigenvalue weighted by atomic mass is 35.5. The van der Waals surface area contributed by atoms with Gasteiger partial charge < -0.3 is 18.6 Å². The molecule has 0 radical (unpaired) electrons. The molecule has 0 amide bonds. The lowest BCUT2D eigenvalue weighted by Gasteiger charge is -2.32. The molecule has 16 rings (SSSR count). The lowest BCUT2D eigenvalue weighted by atomic mass is 9.70. The average Bonchev–Trinajstić information content (AvgIpc) is 1.60. The van der Waals surface area contributed by atoms with Crippen LogP contribution < -0.4 is 10.9 Å². The van der Waals surface area contributed by atoms with Gasteiger partial charge in [0.1, 0.15) is 5.15 Å². The van der Waals surface area contributed by atoms with Crippen LogP contribution in [0.4, 0.5) is 4.70 Å². The maximum atomic E-state index is 6.57. The van der Waals surface area contributed by atoms with Crippen LogP contribution in [0.5, 0.6) is 0 Å². The van der Waals surface area contributed by atoms with E-state index in [1.54, 1.807) is 6.07 Å². The third kappa shape index (κ3) is 18.4. The summed E-state index contributed by atoms with van der Waals surface area (Å²) >= 11 is 24.6. The van der Waals surface area contributed by atoms with E-state index >= 15 is 0 Å². The van der Waals surface area contributed by atoms with Gasteiger partial charge in [0.15, 0.2) is 11.6 Å². The van der Waals surface area contributed by atoms with Crippen LogP contribution in [-0.2, 0) is 18.6 Å². The molecule has 14 nitrogen and oxygen atoms in total. The molecule has 109 heavy (non-hydrogen) atoms. The SMILES string of the molecule is C.C.CC1(C)OB(c2cc(B3OC(C)(C)C(C)(C)O3)cc(-c3cc(-c4ccccc4)nc(-c4ccccc4)n3)c2)OC1(C)C.Clc1cc(-c2ccccc2)nc(Cl)n1.Clc1nc(-c2ccccc2)cc(-c2cc(-c3cc(-c4ccccc4)nc(Cl)n3)cc(-c3cc(-c4ccccc4)nc(-c4ccccc4)n3)c2)n1.F. The predicted octanol–water partition coefficient (Wildman–Crippen LogP) is 22.0. The first-order chi connectivity index (χ1) is 51.1. The van der Waals surface area contributed by atoms with Crippen LogP contribution in [0.2, 0.25) is 21.0 Å². The van der Waals surface area contributed by atoms with E-state index in [1.807, 2.05) is 231 Å². The molecule has 5 aromatic heterocycles. The Morgan fingerprint density at radius 2 is 0.431 bits per heavy atom. The molecule has 0 atom stereocenters. The lowest BCUT2D eigenvalue weighted by Crippen LogP contribution is -2.41. The Bertz CT molecular complexity index is 5140. The third-order valence-electron chi connectivity index (χ3n) is 19.1. The molecule has 21 heteroatoms. The normalized spacial score (nSPS) is 14.1. The monoisotopic (exact) mass is 1520 g/mol. The van der Waals surface area contributed by atoms with Crippen LogP contribution in [0.25, 0.3) is 124 Å². The van der Waals surface area contributed by atoms with Gasteiger partial charge in [-0.1, -0.05) is 257 Å². The Kier molecular flexibility index (Phi) is 24.7. The summed E-state index contributed by atoms with van der Waals surface area (Å²) in [4.78, 5) is 46.4. The van der Waals surface area contributed by atoms with Crippen molar-refractivity contribution in [1.29, 1.82) is 0 Å². The first kappa shape index (κ1) is 79.5. The molecule has 0 bridgehead atoms. The highest BCUT2D eigenvalue weighted by molar-refractivity contribution is 6.66. The number of nitrogens with zero attached hydrogens (tertiary/aromatic N) is 10. The van der Waals surface area contributed by atoms with Crippen LogP contribution >= 0.6 is 46.4 Å².